The Hall–Kier alpha value is -3.39. The van der Waals surface area contributed by atoms with Crippen molar-refractivity contribution in [3.8, 4) is 11.1 Å². The minimum absolute atomic E-state index is 0.0361. The van der Waals surface area contributed by atoms with Crippen LogP contribution in [0.4, 0.5) is 4.79 Å². The van der Waals surface area contributed by atoms with E-state index in [1.807, 2.05) is 50.2 Å². The van der Waals surface area contributed by atoms with Gasteiger partial charge in [-0.2, -0.15) is 0 Å². The standard InChI is InChI=1S/C27H34N2O6/c1-16(2)13-18(26(31)32)14-28-25(30)24(17(3)34-4)29-27(33)35-15-23-21-11-7-5-9-19(21)20-10-6-8-12-22(20)23/h5-12,16-18,23-24H,13-15H2,1-4H3,(H,28,30)(H,29,33)(H,31,32). The Bertz CT molecular complexity index is 1010. The number of alkyl carbamates (subject to hydrolysis) is 1. The van der Waals surface area contributed by atoms with Gasteiger partial charge in [0.25, 0.3) is 0 Å². The van der Waals surface area contributed by atoms with Gasteiger partial charge in [-0.1, -0.05) is 62.4 Å². The molecule has 0 fully saturated rings. The maximum atomic E-state index is 12.8. The van der Waals surface area contributed by atoms with E-state index < -0.39 is 36.0 Å². The number of methoxy groups -OCH3 is 1. The van der Waals surface area contributed by atoms with Crippen LogP contribution in [0, 0.1) is 11.8 Å². The van der Waals surface area contributed by atoms with Gasteiger partial charge in [-0.05, 0) is 41.5 Å². The predicted octanol–water partition coefficient (Wildman–Crippen LogP) is 3.79. The zero-order chi connectivity index (χ0) is 25.5. The number of hydrogen-bond donors (Lipinski definition) is 3. The van der Waals surface area contributed by atoms with Crippen molar-refractivity contribution in [1.82, 2.24) is 10.6 Å². The number of hydrogen-bond acceptors (Lipinski definition) is 5. The van der Waals surface area contributed by atoms with Crippen LogP contribution in [0.2, 0.25) is 0 Å². The molecule has 3 rings (SSSR count). The molecule has 3 N–H and O–H groups in total. The normalized spacial score (nSPS) is 15.0. The number of aliphatic carboxylic acids is 1. The van der Waals surface area contributed by atoms with Gasteiger partial charge in [0, 0.05) is 19.6 Å². The molecule has 8 nitrogen and oxygen atoms in total. The Balaban J connectivity index is 1.63. The number of carboxylic acid groups (broad SMARTS) is 1. The Morgan fingerprint density at radius 1 is 0.971 bits per heavy atom. The summed E-state index contributed by atoms with van der Waals surface area (Å²) in [6.07, 6.45) is -0.961. The fourth-order valence-electron chi connectivity index (χ4n) is 4.47. The first kappa shape index (κ1) is 26.2. The number of benzene rings is 2. The first-order valence-corrected chi connectivity index (χ1v) is 11.9. The van der Waals surface area contributed by atoms with Gasteiger partial charge in [0.15, 0.2) is 0 Å². The highest BCUT2D eigenvalue weighted by molar-refractivity contribution is 5.86. The van der Waals surface area contributed by atoms with Gasteiger partial charge in [-0.3, -0.25) is 9.59 Å². The molecule has 0 aromatic heterocycles. The van der Waals surface area contributed by atoms with E-state index in [-0.39, 0.29) is 25.0 Å². The summed E-state index contributed by atoms with van der Waals surface area (Å²) in [5.41, 5.74) is 4.42. The van der Waals surface area contributed by atoms with Gasteiger partial charge in [0.2, 0.25) is 5.91 Å². The zero-order valence-electron chi connectivity index (χ0n) is 20.6. The van der Waals surface area contributed by atoms with Gasteiger partial charge in [0.1, 0.15) is 12.6 Å². The van der Waals surface area contributed by atoms with E-state index in [0.717, 1.165) is 22.3 Å². The Morgan fingerprint density at radius 2 is 1.54 bits per heavy atom. The van der Waals surface area contributed by atoms with Crippen molar-refractivity contribution in [2.45, 2.75) is 45.3 Å². The van der Waals surface area contributed by atoms with E-state index in [1.165, 1.54) is 7.11 Å². The molecule has 35 heavy (non-hydrogen) atoms. The van der Waals surface area contributed by atoms with E-state index in [4.69, 9.17) is 9.47 Å². The highest BCUT2D eigenvalue weighted by atomic mass is 16.5. The lowest BCUT2D eigenvalue weighted by molar-refractivity contribution is -0.142. The number of carboxylic acids is 1. The SMILES string of the molecule is COC(C)C(NC(=O)OCC1c2ccccc2-c2ccccc21)C(=O)NCC(CC(C)C)C(=O)O. The highest BCUT2D eigenvalue weighted by Crippen LogP contribution is 2.44. The monoisotopic (exact) mass is 482 g/mol. The van der Waals surface area contributed by atoms with Gasteiger partial charge in [-0.25, -0.2) is 4.79 Å². The second-order valence-electron chi connectivity index (χ2n) is 9.30. The van der Waals surface area contributed by atoms with Gasteiger partial charge in [0.05, 0.1) is 12.0 Å². The van der Waals surface area contributed by atoms with Crippen molar-refractivity contribution in [2.24, 2.45) is 11.8 Å². The molecule has 188 valence electrons. The van der Waals surface area contributed by atoms with Crippen molar-refractivity contribution in [3.63, 3.8) is 0 Å². The van der Waals surface area contributed by atoms with Crippen LogP contribution in [0.25, 0.3) is 11.1 Å². The lowest BCUT2D eigenvalue weighted by atomic mass is 9.97. The van der Waals surface area contributed by atoms with Gasteiger partial charge in [-0.15, -0.1) is 0 Å². The molecule has 2 aromatic carbocycles. The Kier molecular flexibility index (Phi) is 8.87. The van der Waals surface area contributed by atoms with Crippen molar-refractivity contribution < 1.29 is 29.0 Å². The third kappa shape index (κ3) is 6.39. The van der Waals surface area contributed by atoms with Crippen LogP contribution in [0.3, 0.4) is 0 Å². The van der Waals surface area contributed by atoms with Crippen LogP contribution in [0.5, 0.6) is 0 Å². The summed E-state index contributed by atoms with van der Waals surface area (Å²) >= 11 is 0. The molecule has 8 heteroatoms. The van der Waals surface area contributed by atoms with Crippen LogP contribution < -0.4 is 10.6 Å². The molecule has 1 aliphatic rings. The topological polar surface area (TPSA) is 114 Å². The summed E-state index contributed by atoms with van der Waals surface area (Å²) in [4.78, 5) is 37.0. The molecule has 0 saturated carbocycles. The van der Waals surface area contributed by atoms with Crippen molar-refractivity contribution in [3.05, 3.63) is 59.7 Å². The summed E-state index contributed by atoms with van der Waals surface area (Å²) in [6.45, 7) is 5.58. The maximum Gasteiger partial charge on any atom is 0.407 e. The Labute approximate surface area is 206 Å². The average Bonchev–Trinajstić information content (AvgIpc) is 3.16. The van der Waals surface area contributed by atoms with Crippen molar-refractivity contribution in [2.75, 3.05) is 20.3 Å². The summed E-state index contributed by atoms with van der Waals surface area (Å²) in [5.74, 6) is -2.15. The zero-order valence-corrected chi connectivity index (χ0v) is 20.6. The summed E-state index contributed by atoms with van der Waals surface area (Å²) in [6, 6.07) is 15.0. The lowest BCUT2D eigenvalue weighted by Crippen LogP contribution is -2.54. The number of amides is 2. The van der Waals surface area contributed by atoms with Crippen LogP contribution in [-0.2, 0) is 19.1 Å². The molecule has 2 aromatic rings. The second-order valence-corrected chi connectivity index (χ2v) is 9.30. The van der Waals surface area contributed by atoms with E-state index in [0.29, 0.717) is 6.42 Å². The first-order valence-electron chi connectivity index (χ1n) is 11.9. The third-order valence-electron chi connectivity index (χ3n) is 6.37. The van der Waals surface area contributed by atoms with Gasteiger partial charge < -0.3 is 25.2 Å². The first-order chi connectivity index (χ1) is 16.7. The molecule has 0 radical (unpaired) electrons. The van der Waals surface area contributed by atoms with Gasteiger partial charge >= 0.3 is 12.1 Å². The molecule has 0 spiro atoms. The summed E-state index contributed by atoms with van der Waals surface area (Å²) in [5, 5.41) is 14.7. The number of ether oxygens (including phenoxy) is 2. The summed E-state index contributed by atoms with van der Waals surface area (Å²) in [7, 11) is 1.43. The fraction of sp³-hybridized carbons (Fsp3) is 0.444. The van der Waals surface area contributed by atoms with Crippen molar-refractivity contribution in [1.29, 1.82) is 0 Å². The second kappa shape index (κ2) is 11.8. The number of carbonyl (C=O) groups excluding carboxylic acids is 2. The largest absolute Gasteiger partial charge is 0.481 e. The average molecular weight is 483 g/mol. The maximum absolute atomic E-state index is 12.8. The van der Waals surface area contributed by atoms with Crippen molar-refractivity contribution >= 4 is 18.0 Å². The Morgan fingerprint density at radius 3 is 2.06 bits per heavy atom. The quantitative estimate of drug-likeness (QED) is 0.449. The number of nitrogens with one attached hydrogen (secondary N) is 2. The highest BCUT2D eigenvalue weighted by Gasteiger charge is 2.32. The predicted molar refractivity (Wildman–Crippen MR) is 132 cm³/mol. The number of fused-ring (bicyclic) bond motifs is 3. The number of rotatable bonds is 11. The van der Waals surface area contributed by atoms with E-state index in [2.05, 4.69) is 22.8 Å². The molecule has 0 heterocycles. The lowest BCUT2D eigenvalue weighted by Gasteiger charge is -2.24. The fourth-order valence-corrected chi connectivity index (χ4v) is 4.47. The van der Waals surface area contributed by atoms with E-state index >= 15 is 0 Å². The molecule has 3 unspecified atom stereocenters. The molecule has 1 aliphatic carbocycles. The summed E-state index contributed by atoms with van der Waals surface area (Å²) < 4.78 is 10.8. The molecule has 3 atom stereocenters. The minimum atomic E-state index is -1.04. The minimum Gasteiger partial charge on any atom is -0.481 e. The molecule has 2 amide bonds. The van der Waals surface area contributed by atoms with Crippen LogP contribution >= 0.6 is 0 Å². The van der Waals surface area contributed by atoms with Crippen LogP contribution in [-0.4, -0.2) is 55.5 Å². The molecule has 0 aliphatic heterocycles. The molecule has 0 saturated heterocycles. The molecular formula is C27H34N2O6. The van der Waals surface area contributed by atoms with Crippen LogP contribution in [0.15, 0.2) is 48.5 Å². The van der Waals surface area contributed by atoms with Crippen LogP contribution in [0.1, 0.15) is 44.2 Å². The smallest absolute Gasteiger partial charge is 0.407 e. The molecular weight excluding hydrogens is 448 g/mol. The van der Waals surface area contributed by atoms with E-state index in [9.17, 15) is 19.5 Å². The molecule has 0 bridgehead atoms. The third-order valence-corrected chi connectivity index (χ3v) is 6.37. The van der Waals surface area contributed by atoms with E-state index in [1.54, 1.807) is 6.92 Å². The number of carbonyl (C=O) groups is 3.